The number of amides is 1. The van der Waals surface area contributed by atoms with E-state index in [2.05, 4.69) is 56.0 Å². The van der Waals surface area contributed by atoms with Gasteiger partial charge in [-0.1, -0.05) is 24.3 Å². The van der Waals surface area contributed by atoms with Gasteiger partial charge in [0.2, 0.25) is 0 Å². The third-order valence-electron chi connectivity index (χ3n) is 7.91. The van der Waals surface area contributed by atoms with Gasteiger partial charge in [0.1, 0.15) is 0 Å². The Hall–Kier alpha value is -4.04. The van der Waals surface area contributed by atoms with Crippen LogP contribution < -0.4 is 10.6 Å². The number of carbonyl (C=O) groups excluding carboxylic acids is 1. The molecule has 1 amide bonds. The van der Waals surface area contributed by atoms with Crippen molar-refractivity contribution in [1.29, 1.82) is 0 Å². The Morgan fingerprint density at radius 1 is 1.05 bits per heavy atom. The molecular formula is C30H33N7O. The van der Waals surface area contributed by atoms with E-state index in [0.717, 1.165) is 55.8 Å². The Labute approximate surface area is 222 Å². The molecule has 2 aromatic carbocycles. The number of nitrogens with zero attached hydrogens (tertiary/aromatic N) is 4. The molecule has 0 bridgehead atoms. The Kier molecular flexibility index (Phi) is 6.64. The van der Waals surface area contributed by atoms with Crippen molar-refractivity contribution in [2.24, 2.45) is 0 Å². The number of benzene rings is 2. The lowest BCUT2D eigenvalue weighted by molar-refractivity contribution is 0.0951. The highest BCUT2D eigenvalue weighted by Gasteiger charge is 2.38. The second kappa shape index (κ2) is 10.4. The summed E-state index contributed by atoms with van der Waals surface area (Å²) in [6.45, 7) is 2.41. The zero-order valence-corrected chi connectivity index (χ0v) is 21.7. The van der Waals surface area contributed by atoms with Gasteiger partial charge in [0.25, 0.3) is 5.91 Å². The van der Waals surface area contributed by atoms with Crippen molar-refractivity contribution >= 4 is 11.6 Å². The number of nitrogens with one attached hydrogen (secondary N) is 3. The third kappa shape index (κ3) is 4.91. The number of pyridine rings is 1. The van der Waals surface area contributed by atoms with Gasteiger partial charge in [-0.2, -0.15) is 5.10 Å². The van der Waals surface area contributed by atoms with Crippen LogP contribution >= 0.6 is 0 Å². The quantitative estimate of drug-likeness (QED) is 0.345. The molecule has 4 aromatic rings. The van der Waals surface area contributed by atoms with Gasteiger partial charge in [-0.25, -0.2) is 4.98 Å². The molecule has 1 aliphatic carbocycles. The first-order chi connectivity index (χ1) is 18.6. The number of likely N-dealkylation sites (tertiary alicyclic amines) is 1. The molecule has 8 nitrogen and oxygen atoms in total. The number of fused-ring (bicyclic) bond motifs is 1. The fourth-order valence-electron chi connectivity index (χ4n) is 5.68. The van der Waals surface area contributed by atoms with E-state index in [4.69, 9.17) is 4.98 Å². The highest BCUT2D eigenvalue weighted by atomic mass is 16.1. The lowest BCUT2D eigenvalue weighted by Crippen LogP contribution is -2.46. The maximum absolute atomic E-state index is 13.1. The van der Waals surface area contributed by atoms with Crippen LogP contribution in [0.15, 0.2) is 67.0 Å². The largest absolute Gasteiger partial charge is 0.373 e. The molecule has 2 aliphatic rings. The van der Waals surface area contributed by atoms with Crippen LogP contribution in [-0.2, 0) is 24.9 Å². The number of hydrogen-bond acceptors (Lipinski definition) is 6. The summed E-state index contributed by atoms with van der Waals surface area (Å²) in [6.07, 6.45) is 8.66. The Morgan fingerprint density at radius 3 is 2.71 bits per heavy atom. The van der Waals surface area contributed by atoms with Gasteiger partial charge in [-0.15, -0.1) is 0 Å². The van der Waals surface area contributed by atoms with Gasteiger partial charge >= 0.3 is 0 Å². The molecule has 1 saturated heterocycles. The standard InChI is InChI=1S/C30H33N7O/c1-37-17-13-30(14-18-37,29-33-27(35-36-29)22-11-15-31-16-12-22)34-25-9-3-7-23(19-25)28(38)32-20-24-8-2-5-21-6-4-10-26(21)24/h2-3,5,7-9,11-12,15-16,19,34H,4,6,10,13-14,17-18,20H2,1H3,(H,32,38)(H,33,35,36). The number of carbonyl (C=O) groups is 1. The number of aromatic amines is 1. The highest BCUT2D eigenvalue weighted by Crippen LogP contribution is 2.35. The van der Waals surface area contributed by atoms with Gasteiger partial charge in [0.05, 0.1) is 5.54 Å². The molecular weight excluding hydrogens is 474 g/mol. The number of aromatic nitrogens is 4. The van der Waals surface area contributed by atoms with E-state index in [9.17, 15) is 4.79 Å². The van der Waals surface area contributed by atoms with Crippen molar-refractivity contribution in [2.45, 2.75) is 44.2 Å². The van der Waals surface area contributed by atoms with Crippen LogP contribution in [0.2, 0.25) is 0 Å². The van der Waals surface area contributed by atoms with Gasteiger partial charge in [0, 0.05) is 48.8 Å². The van der Waals surface area contributed by atoms with Crippen molar-refractivity contribution in [3.8, 4) is 11.4 Å². The molecule has 0 saturated carbocycles. The van der Waals surface area contributed by atoms with E-state index in [1.165, 1.54) is 23.1 Å². The minimum Gasteiger partial charge on any atom is -0.373 e. The lowest BCUT2D eigenvalue weighted by Gasteiger charge is -2.40. The Balaban J connectivity index is 1.21. The molecule has 2 aromatic heterocycles. The van der Waals surface area contributed by atoms with Gasteiger partial charge in [-0.05, 0) is 86.2 Å². The normalized spacial score (nSPS) is 16.7. The molecule has 0 spiro atoms. The predicted molar refractivity (Wildman–Crippen MR) is 148 cm³/mol. The number of hydrogen-bond donors (Lipinski definition) is 3. The molecule has 0 radical (unpaired) electrons. The summed E-state index contributed by atoms with van der Waals surface area (Å²) in [6, 6.07) is 18.0. The van der Waals surface area contributed by atoms with Crippen molar-refractivity contribution in [3.05, 3.63) is 95.1 Å². The van der Waals surface area contributed by atoms with Crippen LogP contribution in [0.1, 0.15) is 52.1 Å². The van der Waals surface area contributed by atoms with Crippen LogP contribution in [0.3, 0.4) is 0 Å². The Morgan fingerprint density at radius 2 is 1.87 bits per heavy atom. The number of rotatable bonds is 7. The first kappa shape index (κ1) is 24.3. The van der Waals surface area contributed by atoms with Gasteiger partial charge < -0.3 is 15.5 Å². The molecule has 0 unspecified atom stereocenters. The van der Waals surface area contributed by atoms with Crippen LogP contribution in [0.4, 0.5) is 5.69 Å². The maximum atomic E-state index is 13.1. The monoisotopic (exact) mass is 507 g/mol. The number of H-pyrrole nitrogens is 1. The molecule has 1 fully saturated rings. The summed E-state index contributed by atoms with van der Waals surface area (Å²) in [5.74, 6) is 1.40. The van der Waals surface area contributed by atoms with Crippen molar-refractivity contribution < 1.29 is 4.79 Å². The minimum absolute atomic E-state index is 0.0682. The third-order valence-corrected chi connectivity index (χ3v) is 7.91. The highest BCUT2D eigenvalue weighted by molar-refractivity contribution is 5.95. The van der Waals surface area contributed by atoms with Crippen molar-refractivity contribution in [3.63, 3.8) is 0 Å². The fraction of sp³-hybridized carbons (Fsp3) is 0.333. The summed E-state index contributed by atoms with van der Waals surface area (Å²) in [5, 5.41) is 14.6. The van der Waals surface area contributed by atoms with E-state index >= 15 is 0 Å². The first-order valence-electron chi connectivity index (χ1n) is 13.4. The molecule has 8 heteroatoms. The zero-order chi connectivity index (χ0) is 26.0. The molecule has 6 rings (SSSR count). The van der Waals surface area contributed by atoms with Gasteiger partial charge in [-0.3, -0.25) is 14.9 Å². The zero-order valence-electron chi connectivity index (χ0n) is 21.7. The lowest BCUT2D eigenvalue weighted by atomic mass is 9.86. The summed E-state index contributed by atoms with van der Waals surface area (Å²) in [4.78, 5) is 24.4. The number of piperidine rings is 1. The van der Waals surface area contributed by atoms with E-state index in [1.807, 2.05) is 36.4 Å². The second-order valence-corrected chi connectivity index (χ2v) is 10.4. The topological polar surface area (TPSA) is 98.8 Å². The average molecular weight is 508 g/mol. The predicted octanol–water partition coefficient (Wildman–Crippen LogP) is 4.32. The van der Waals surface area contributed by atoms with E-state index in [1.54, 1.807) is 12.4 Å². The van der Waals surface area contributed by atoms with Crippen LogP contribution in [-0.4, -0.2) is 51.1 Å². The van der Waals surface area contributed by atoms with Crippen LogP contribution in [0.25, 0.3) is 11.4 Å². The summed E-state index contributed by atoms with van der Waals surface area (Å²) in [5.41, 5.74) is 6.10. The molecule has 38 heavy (non-hydrogen) atoms. The smallest absolute Gasteiger partial charge is 0.251 e. The van der Waals surface area contributed by atoms with Crippen molar-refractivity contribution in [2.75, 3.05) is 25.5 Å². The second-order valence-electron chi connectivity index (χ2n) is 10.4. The summed E-state index contributed by atoms with van der Waals surface area (Å²) >= 11 is 0. The van der Waals surface area contributed by atoms with Crippen LogP contribution in [0.5, 0.6) is 0 Å². The average Bonchev–Trinajstić information content (AvgIpc) is 3.65. The Bertz CT molecular complexity index is 1420. The molecule has 1 aliphatic heterocycles. The summed E-state index contributed by atoms with van der Waals surface area (Å²) < 4.78 is 0. The van der Waals surface area contributed by atoms with Crippen molar-refractivity contribution in [1.82, 2.24) is 30.4 Å². The maximum Gasteiger partial charge on any atom is 0.251 e. The summed E-state index contributed by atoms with van der Waals surface area (Å²) in [7, 11) is 2.14. The molecule has 194 valence electrons. The van der Waals surface area contributed by atoms with Gasteiger partial charge in [0.15, 0.2) is 11.6 Å². The molecule has 3 N–H and O–H groups in total. The first-order valence-corrected chi connectivity index (χ1v) is 13.4. The minimum atomic E-state index is -0.412. The van der Waals surface area contributed by atoms with Crippen LogP contribution in [0, 0.1) is 0 Å². The number of anilines is 1. The SMILES string of the molecule is CN1CCC(Nc2cccc(C(=O)NCc3cccc4c3CCC4)c2)(c2nc(-c3ccncc3)n[nH]2)CC1. The number of aryl methyl sites for hydroxylation is 1. The fourth-order valence-corrected chi connectivity index (χ4v) is 5.68. The molecule has 3 heterocycles. The van der Waals surface area contributed by atoms with E-state index in [-0.39, 0.29) is 5.91 Å². The van der Waals surface area contributed by atoms with E-state index < -0.39 is 5.54 Å². The van der Waals surface area contributed by atoms with E-state index in [0.29, 0.717) is 17.9 Å². The molecule has 0 atom stereocenters.